The lowest BCUT2D eigenvalue weighted by Gasteiger charge is -2.07. The van der Waals surface area contributed by atoms with Crippen molar-refractivity contribution in [2.24, 2.45) is 0 Å². The van der Waals surface area contributed by atoms with Gasteiger partial charge >= 0.3 is 0 Å². The maximum atomic E-state index is 11.8. The Morgan fingerprint density at radius 1 is 1.26 bits per heavy atom. The molecule has 0 radical (unpaired) electrons. The third-order valence-electron chi connectivity index (χ3n) is 2.09. The number of H-pyrrole nitrogens is 1. The lowest BCUT2D eigenvalue weighted by atomic mass is 10.4. The smallest absolute Gasteiger partial charge is 0.257 e. The highest BCUT2D eigenvalue weighted by Crippen LogP contribution is 2.05. The third-order valence-corrected chi connectivity index (χ3v) is 3.35. The van der Waals surface area contributed by atoms with E-state index in [0.717, 1.165) is 0 Å². The number of amides is 1. The van der Waals surface area contributed by atoms with E-state index in [2.05, 4.69) is 26.0 Å². The van der Waals surface area contributed by atoms with Gasteiger partial charge < -0.3 is 0 Å². The highest BCUT2D eigenvalue weighted by atomic mass is 32.2. The van der Waals surface area contributed by atoms with E-state index in [-0.39, 0.29) is 17.1 Å². The fraction of sp³-hybridized carbons (Fsp3) is 0.111. The van der Waals surface area contributed by atoms with Crippen molar-refractivity contribution >= 4 is 15.9 Å². The normalized spacial score (nSPS) is 11.2. The number of nitrogens with zero attached hydrogens (tertiary/aromatic N) is 3. The Labute approximate surface area is 108 Å². The maximum absolute atomic E-state index is 11.8. The van der Waals surface area contributed by atoms with Crippen molar-refractivity contribution in [1.29, 1.82) is 0 Å². The van der Waals surface area contributed by atoms with E-state index >= 15 is 0 Å². The molecule has 19 heavy (non-hydrogen) atoms. The minimum Gasteiger partial charge on any atom is -0.277 e. The van der Waals surface area contributed by atoms with Crippen LogP contribution in [0.2, 0.25) is 0 Å². The van der Waals surface area contributed by atoms with E-state index in [0.29, 0.717) is 0 Å². The fourth-order valence-electron chi connectivity index (χ4n) is 1.23. The maximum Gasteiger partial charge on any atom is 0.257 e. The Morgan fingerprint density at radius 3 is 2.63 bits per heavy atom. The first-order valence-electron chi connectivity index (χ1n) is 5.16. The molecule has 2 aromatic rings. The summed E-state index contributed by atoms with van der Waals surface area (Å²) < 4.78 is 23.5. The number of sulfonamides is 1. The number of rotatable bonds is 5. The monoisotopic (exact) mass is 282 g/mol. The van der Waals surface area contributed by atoms with Crippen molar-refractivity contribution in [3.05, 3.63) is 36.2 Å². The van der Waals surface area contributed by atoms with Gasteiger partial charge in [0.15, 0.2) is 5.82 Å². The molecule has 3 N–H and O–H groups in total. The number of nitrogens with one attached hydrogen (secondary N) is 3. The molecule has 0 bridgehead atoms. The zero-order valence-electron chi connectivity index (χ0n) is 9.57. The van der Waals surface area contributed by atoms with Crippen molar-refractivity contribution in [1.82, 2.24) is 30.9 Å². The van der Waals surface area contributed by atoms with Crippen LogP contribution in [0.4, 0.5) is 0 Å². The van der Waals surface area contributed by atoms with Crippen LogP contribution >= 0.6 is 0 Å². The van der Waals surface area contributed by atoms with E-state index < -0.39 is 15.9 Å². The van der Waals surface area contributed by atoms with Crippen molar-refractivity contribution in [2.75, 3.05) is 0 Å². The topological polar surface area (TPSA) is 130 Å². The average Bonchev–Trinajstić information content (AvgIpc) is 2.90. The van der Waals surface area contributed by atoms with Crippen LogP contribution in [0, 0.1) is 0 Å². The van der Waals surface area contributed by atoms with Crippen LogP contribution in [0.3, 0.4) is 0 Å². The summed E-state index contributed by atoms with van der Waals surface area (Å²) in [6.45, 7) is 0. The van der Waals surface area contributed by atoms with Crippen LogP contribution < -0.4 is 10.3 Å². The van der Waals surface area contributed by atoms with E-state index in [1.54, 1.807) is 18.2 Å². The quantitative estimate of drug-likeness (QED) is 0.588. The van der Waals surface area contributed by atoms with Crippen molar-refractivity contribution in [3.8, 4) is 0 Å². The molecule has 0 saturated carbocycles. The molecule has 0 aliphatic carbocycles. The molecule has 0 fully saturated rings. The highest BCUT2D eigenvalue weighted by molar-refractivity contribution is 7.89. The average molecular weight is 282 g/mol. The van der Waals surface area contributed by atoms with E-state index in [1.807, 2.05) is 4.83 Å². The molecule has 1 heterocycles. The summed E-state index contributed by atoms with van der Waals surface area (Å²) >= 11 is 0. The van der Waals surface area contributed by atoms with Gasteiger partial charge in [-0.2, -0.15) is 5.21 Å². The summed E-state index contributed by atoms with van der Waals surface area (Å²) in [6.07, 6.45) is -0.187. The number of tetrazole rings is 1. The van der Waals surface area contributed by atoms with Gasteiger partial charge in [-0.15, -0.1) is 15.0 Å². The van der Waals surface area contributed by atoms with Crippen LogP contribution in [0.25, 0.3) is 0 Å². The second-order valence-corrected chi connectivity index (χ2v) is 5.15. The number of aromatic amines is 1. The molecule has 9 nitrogen and oxygen atoms in total. The molecule has 10 heteroatoms. The van der Waals surface area contributed by atoms with Crippen LogP contribution in [0.5, 0.6) is 0 Å². The molecule has 1 aromatic carbocycles. The molecule has 2 rings (SSSR count). The van der Waals surface area contributed by atoms with Gasteiger partial charge in [0.1, 0.15) is 0 Å². The minimum absolute atomic E-state index is 0.0508. The summed E-state index contributed by atoms with van der Waals surface area (Å²) in [5.41, 5.74) is 2.06. The molecular weight excluding hydrogens is 272 g/mol. The van der Waals surface area contributed by atoms with Crippen LogP contribution in [0.15, 0.2) is 35.2 Å². The van der Waals surface area contributed by atoms with Crippen molar-refractivity contribution in [3.63, 3.8) is 0 Å². The molecule has 0 aliphatic rings. The van der Waals surface area contributed by atoms with Crippen LogP contribution in [-0.4, -0.2) is 34.9 Å². The van der Waals surface area contributed by atoms with Gasteiger partial charge in [-0.1, -0.05) is 23.4 Å². The van der Waals surface area contributed by atoms with Crippen molar-refractivity contribution < 1.29 is 13.2 Å². The Balaban J connectivity index is 1.93. The second kappa shape index (κ2) is 5.54. The first-order valence-corrected chi connectivity index (χ1v) is 6.64. The van der Waals surface area contributed by atoms with Gasteiger partial charge in [-0.25, -0.2) is 8.42 Å². The molecule has 0 saturated heterocycles. The number of carbonyl (C=O) groups excluding carboxylic acids is 1. The van der Waals surface area contributed by atoms with Crippen LogP contribution in [0.1, 0.15) is 5.82 Å². The summed E-state index contributed by atoms with van der Waals surface area (Å²) in [5.74, 6) is -0.433. The SMILES string of the molecule is O=C(Cc1nn[nH]n1)NNS(=O)(=O)c1ccccc1. The van der Waals surface area contributed by atoms with Gasteiger partial charge in [0.25, 0.3) is 10.0 Å². The first-order chi connectivity index (χ1) is 9.08. The summed E-state index contributed by atoms with van der Waals surface area (Å²) in [6, 6.07) is 7.67. The van der Waals surface area contributed by atoms with Gasteiger partial charge in [0.2, 0.25) is 5.91 Å². The van der Waals surface area contributed by atoms with E-state index in [4.69, 9.17) is 0 Å². The summed E-state index contributed by atoms with van der Waals surface area (Å²) in [4.78, 5) is 13.5. The van der Waals surface area contributed by atoms with Crippen LogP contribution in [-0.2, 0) is 21.2 Å². The number of carbonyl (C=O) groups is 1. The zero-order valence-corrected chi connectivity index (χ0v) is 10.4. The number of benzene rings is 1. The molecule has 0 aliphatic heterocycles. The lowest BCUT2D eigenvalue weighted by molar-refractivity contribution is -0.121. The number of hydrazine groups is 1. The molecule has 0 unspecified atom stereocenters. The summed E-state index contributed by atoms with van der Waals surface area (Å²) in [7, 11) is -3.78. The Hall–Kier alpha value is -2.33. The molecule has 1 aromatic heterocycles. The van der Waals surface area contributed by atoms with E-state index in [1.165, 1.54) is 12.1 Å². The first kappa shape index (κ1) is 13.1. The molecule has 0 atom stereocenters. The van der Waals surface area contributed by atoms with Gasteiger partial charge in [-0.05, 0) is 12.1 Å². The predicted octanol–water partition coefficient (Wildman–Crippen LogP) is -1.25. The summed E-state index contributed by atoms with van der Waals surface area (Å²) in [5, 5.41) is 12.6. The lowest BCUT2D eigenvalue weighted by Crippen LogP contribution is -2.42. The number of hydrogen-bond donors (Lipinski definition) is 3. The standard InChI is InChI=1S/C9H10N6O3S/c16-9(6-8-10-13-14-11-8)12-15-19(17,18)7-4-2-1-3-5-7/h1-5,15H,6H2,(H,12,16)(H,10,11,13,14). The van der Waals surface area contributed by atoms with Gasteiger partial charge in [-0.3, -0.25) is 10.2 Å². The molecule has 100 valence electrons. The Morgan fingerprint density at radius 2 is 2.00 bits per heavy atom. The zero-order chi connectivity index (χ0) is 13.7. The third kappa shape index (κ3) is 3.56. The van der Waals surface area contributed by atoms with Crippen molar-refractivity contribution in [2.45, 2.75) is 11.3 Å². The second-order valence-electron chi connectivity index (χ2n) is 3.47. The van der Waals surface area contributed by atoms with Gasteiger partial charge in [0.05, 0.1) is 11.3 Å². The molecule has 1 amide bonds. The minimum atomic E-state index is -3.78. The number of aromatic nitrogens is 4. The largest absolute Gasteiger partial charge is 0.277 e. The Bertz CT molecular complexity index is 640. The highest BCUT2D eigenvalue weighted by Gasteiger charge is 2.15. The molecular formula is C9H10N6O3S. The van der Waals surface area contributed by atoms with Gasteiger partial charge in [0, 0.05) is 0 Å². The predicted molar refractivity (Wildman–Crippen MR) is 62.8 cm³/mol. The fourth-order valence-corrected chi connectivity index (χ4v) is 2.11. The Kier molecular flexibility index (Phi) is 3.82. The number of hydrogen-bond acceptors (Lipinski definition) is 6. The molecule has 0 spiro atoms. The van der Waals surface area contributed by atoms with E-state index in [9.17, 15) is 13.2 Å².